The summed E-state index contributed by atoms with van der Waals surface area (Å²) in [5.74, 6) is 0.988. The van der Waals surface area contributed by atoms with Crippen LogP contribution in [-0.2, 0) is 0 Å². The Bertz CT molecular complexity index is 232. The van der Waals surface area contributed by atoms with E-state index in [0.717, 1.165) is 10.4 Å². The second kappa shape index (κ2) is 3.41. The molecule has 0 aliphatic carbocycles. The maximum atomic E-state index is 5.38. The van der Waals surface area contributed by atoms with Gasteiger partial charge >= 0.3 is 0 Å². The van der Waals surface area contributed by atoms with Gasteiger partial charge in [0, 0.05) is 0 Å². The molecule has 0 aliphatic rings. The van der Waals surface area contributed by atoms with Crippen molar-refractivity contribution in [3.05, 3.63) is 22.6 Å². The van der Waals surface area contributed by atoms with Gasteiger partial charge in [-0.25, -0.2) is 0 Å². The van der Waals surface area contributed by atoms with Crippen molar-refractivity contribution >= 4 is 15.9 Å². The average molecular weight is 218 g/mol. The largest absolute Gasteiger partial charge is 0.453 e. The summed E-state index contributed by atoms with van der Waals surface area (Å²) in [6, 6.07) is 4.23. The van der Waals surface area contributed by atoms with Crippen molar-refractivity contribution in [2.75, 3.05) is 14.1 Å². The van der Waals surface area contributed by atoms with Gasteiger partial charge < -0.3 is 4.42 Å². The molecule has 2 nitrogen and oxygen atoms in total. The molecule has 1 aromatic heterocycles. The van der Waals surface area contributed by atoms with E-state index >= 15 is 0 Å². The third kappa shape index (κ3) is 2.07. The SMILES string of the molecule is CC(c1ccc(Br)o1)N(C)C. The molecule has 0 aliphatic heterocycles. The smallest absolute Gasteiger partial charge is 0.169 e. The molecule has 0 aromatic carbocycles. The maximum Gasteiger partial charge on any atom is 0.169 e. The fourth-order valence-electron chi connectivity index (χ4n) is 0.807. The predicted molar refractivity (Wildman–Crippen MR) is 48.5 cm³/mol. The minimum Gasteiger partial charge on any atom is -0.453 e. The maximum absolute atomic E-state index is 5.38. The Kier molecular flexibility index (Phi) is 2.73. The Morgan fingerprint density at radius 1 is 1.45 bits per heavy atom. The summed E-state index contributed by atoms with van der Waals surface area (Å²) in [6.45, 7) is 2.10. The molecular weight excluding hydrogens is 206 g/mol. The zero-order valence-electron chi connectivity index (χ0n) is 6.97. The fraction of sp³-hybridized carbons (Fsp3) is 0.500. The summed E-state index contributed by atoms with van der Waals surface area (Å²) < 4.78 is 6.17. The first kappa shape index (κ1) is 8.81. The minimum absolute atomic E-state index is 0.335. The first-order valence-corrected chi connectivity index (χ1v) is 4.32. The zero-order chi connectivity index (χ0) is 8.43. The van der Waals surface area contributed by atoms with Gasteiger partial charge in [0.05, 0.1) is 6.04 Å². The lowest BCUT2D eigenvalue weighted by atomic mass is 10.2. The number of hydrogen-bond acceptors (Lipinski definition) is 2. The van der Waals surface area contributed by atoms with Crippen LogP contribution in [0.5, 0.6) is 0 Å². The predicted octanol–water partition coefficient (Wildman–Crippen LogP) is 2.66. The molecule has 0 saturated heterocycles. The zero-order valence-corrected chi connectivity index (χ0v) is 8.55. The molecule has 0 N–H and O–H groups in total. The van der Waals surface area contributed by atoms with E-state index in [0.29, 0.717) is 6.04 Å². The molecule has 62 valence electrons. The number of furan rings is 1. The van der Waals surface area contributed by atoms with E-state index < -0.39 is 0 Å². The molecule has 3 heteroatoms. The van der Waals surface area contributed by atoms with Crippen LogP contribution in [0.1, 0.15) is 18.7 Å². The van der Waals surface area contributed by atoms with Crippen LogP contribution in [0, 0.1) is 0 Å². The van der Waals surface area contributed by atoms with Crippen LogP contribution in [0.4, 0.5) is 0 Å². The second-order valence-electron chi connectivity index (χ2n) is 2.78. The van der Waals surface area contributed by atoms with Crippen LogP contribution < -0.4 is 0 Å². The summed E-state index contributed by atoms with van der Waals surface area (Å²) in [5.41, 5.74) is 0. The topological polar surface area (TPSA) is 16.4 Å². The number of nitrogens with zero attached hydrogens (tertiary/aromatic N) is 1. The van der Waals surface area contributed by atoms with Crippen LogP contribution in [0.2, 0.25) is 0 Å². The van der Waals surface area contributed by atoms with Crippen LogP contribution in [0.15, 0.2) is 21.2 Å². The van der Waals surface area contributed by atoms with E-state index in [-0.39, 0.29) is 0 Å². The van der Waals surface area contributed by atoms with Gasteiger partial charge in [0.25, 0.3) is 0 Å². The highest BCUT2D eigenvalue weighted by atomic mass is 79.9. The summed E-state index contributed by atoms with van der Waals surface area (Å²) >= 11 is 3.26. The molecule has 1 unspecified atom stereocenters. The molecular formula is C8H12BrNO. The van der Waals surface area contributed by atoms with E-state index in [2.05, 4.69) is 27.8 Å². The Morgan fingerprint density at radius 2 is 2.09 bits per heavy atom. The molecule has 1 rings (SSSR count). The quantitative estimate of drug-likeness (QED) is 0.758. The first-order valence-electron chi connectivity index (χ1n) is 3.53. The van der Waals surface area contributed by atoms with Gasteiger partial charge in [0.2, 0.25) is 0 Å². The van der Waals surface area contributed by atoms with Crippen LogP contribution in [-0.4, -0.2) is 19.0 Å². The van der Waals surface area contributed by atoms with Crippen LogP contribution in [0.25, 0.3) is 0 Å². The molecule has 0 bridgehead atoms. The molecule has 1 aromatic rings. The Morgan fingerprint density at radius 3 is 2.45 bits per heavy atom. The number of rotatable bonds is 2. The highest BCUT2D eigenvalue weighted by molar-refractivity contribution is 9.10. The summed E-state index contributed by atoms with van der Waals surface area (Å²) in [5, 5.41) is 0. The summed E-state index contributed by atoms with van der Waals surface area (Å²) in [7, 11) is 4.06. The minimum atomic E-state index is 0.335. The third-order valence-corrected chi connectivity index (χ3v) is 2.21. The van der Waals surface area contributed by atoms with Gasteiger partial charge in [0.15, 0.2) is 4.67 Å². The standard InChI is InChI=1S/C8H12BrNO/c1-6(10(2)3)7-4-5-8(9)11-7/h4-6H,1-3H3. The van der Waals surface area contributed by atoms with Gasteiger partial charge in [-0.05, 0) is 49.1 Å². The molecule has 0 radical (unpaired) electrons. The van der Waals surface area contributed by atoms with Crippen molar-refractivity contribution in [2.45, 2.75) is 13.0 Å². The first-order chi connectivity index (χ1) is 5.11. The Hall–Kier alpha value is -0.280. The number of hydrogen-bond donors (Lipinski definition) is 0. The van der Waals surface area contributed by atoms with E-state index in [1.165, 1.54) is 0 Å². The van der Waals surface area contributed by atoms with Gasteiger partial charge in [-0.2, -0.15) is 0 Å². The van der Waals surface area contributed by atoms with E-state index in [4.69, 9.17) is 4.42 Å². The van der Waals surface area contributed by atoms with Crippen molar-refractivity contribution in [3.8, 4) is 0 Å². The molecule has 0 spiro atoms. The van der Waals surface area contributed by atoms with E-state index in [1.54, 1.807) is 0 Å². The highest BCUT2D eigenvalue weighted by Crippen LogP contribution is 2.22. The second-order valence-corrected chi connectivity index (χ2v) is 3.56. The highest BCUT2D eigenvalue weighted by Gasteiger charge is 2.10. The van der Waals surface area contributed by atoms with Crippen molar-refractivity contribution < 1.29 is 4.42 Å². The number of halogens is 1. The Balaban J connectivity index is 2.76. The molecule has 11 heavy (non-hydrogen) atoms. The molecule has 0 amide bonds. The van der Waals surface area contributed by atoms with Crippen LogP contribution in [0.3, 0.4) is 0 Å². The Labute approximate surface area is 75.3 Å². The normalized spacial score (nSPS) is 13.9. The van der Waals surface area contributed by atoms with Gasteiger partial charge in [-0.15, -0.1) is 0 Å². The van der Waals surface area contributed by atoms with Crippen molar-refractivity contribution in [1.29, 1.82) is 0 Å². The van der Waals surface area contributed by atoms with Crippen LogP contribution >= 0.6 is 15.9 Å². The lowest BCUT2D eigenvalue weighted by Gasteiger charge is -2.16. The lowest BCUT2D eigenvalue weighted by molar-refractivity contribution is 0.274. The van der Waals surface area contributed by atoms with Gasteiger partial charge in [-0.1, -0.05) is 0 Å². The van der Waals surface area contributed by atoms with Gasteiger partial charge in [0.1, 0.15) is 5.76 Å². The van der Waals surface area contributed by atoms with E-state index in [9.17, 15) is 0 Å². The summed E-state index contributed by atoms with van der Waals surface area (Å²) in [6.07, 6.45) is 0. The summed E-state index contributed by atoms with van der Waals surface area (Å²) in [4.78, 5) is 2.10. The average Bonchev–Trinajstić information content (AvgIpc) is 2.34. The van der Waals surface area contributed by atoms with Gasteiger partial charge in [-0.3, -0.25) is 4.90 Å². The monoisotopic (exact) mass is 217 g/mol. The van der Waals surface area contributed by atoms with Crippen molar-refractivity contribution in [3.63, 3.8) is 0 Å². The molecule has 1 heterocycles. The lowest BCUT2D eigenvalue weighted by Crippen LogP contribution is -2.15. The molecule has 0 saturated carbocycles. The molecule has 0 fully saturated rings. The fourth-order valence-corrected chi connectivity index (χ4v) is 1.13. The third-order valence-electron chi connectivity index (χ3n) is 1.78. The van der Waals surface area contributed by atoms with Crippen molar-refractivity contribution in [2.24, 2.45) is 0 Å². The van der Waals surface area contributed by atoms with Crippen molar-refractivity contribution in [1.82, 2.24) is 4.90 Å². The molecule has 1 atom stereocenters. The van der Waals surface area contributed by atoms with E-state index in [1.807, 2.05) is 26.2 Å².